The minimum absolute atomic E-state index is 0.119. The van der Waals surface area contributed by atoms with Gasteiger partial charge in [-0.15, -0.1) is 0 Å². The molecule has 0 N–H and O–H groups in total. The Morgan fingerprint density at radius 2 is 1.48 bits per heavy atom. The molecule has 0 radical (unpaired) electrons. The smallest absolute Gasteiger partial charge is 0.242 e. The van der Waals surface area contributed by atoms with Crippen molar-refractivity contribution in [2.45, 2.75) is 29.5 Å². The molecule has 0 spiro atoms. The van der Waals surface area contributed by atoms with E-state index in [1.807, 2.05) is 24.3 Å². The fraction of sp³-hybridized carbons (Fsp3) is 0.400. The number of likely N-dealkylation sites (tertiary alicyclic amines) is 2. The maximum atomic E-state index is 13.7. The third kappa shape index (κ3) is 2.45. The molecule has 2 aromatic carbocycles. The standard InChI is InChI=1S/C25H23BrN2O3/c26-25-17-10-4-2-8-15(17)20(16-9-3-5-11-18(16)25)21-22(25)24(31)28(23(21)30)14-19(29)27-12-6-1-7-13-27/h2-5,8-11,20-22H,1,6-7,12-14H2/t20?,21-,22+,25?/m0/s1. The maximum absolute atomic E-state index is 13.7. The molecular weight excluding hydrogens is 456 g/mol. The zero-order valence-electron chi connectivity index (χ0n) is 17.1. The molecular formula is C25H23BrN2O3. The molecule has 2 atom stereocenters. The molecule has 2 heterocycles. The number of piperidine rings is 1. The summed E-state index contributed by atoms with van der Waals surface area (Å²) >= 11 is 3.98. The number of imide groups is 1. The van der Waals surface area contributed by atoms with Gasteiger partial charge >= 0.3 is 0 Å². The Morgan fingerprint density at radius 3 is 2.10 bits per heavy atom. The Kier molecular flexibility index (Phi) is 4.20. The van der Waals surface area contributed by atoms with Crippen molar-refractivity contribution in [2.75, 3.05) is 19.6 Å². The summed E-state index contributed by atoms with van der Waals surface area (Å²) in [6, 6.07) is 16.2. The molecule has 5 nitrogen and oxygen atoms in total. The Bertz CT molecular complexity index is 1080. The van der Waals surface area contributed by atoms with Gasteiger partial charge in [-0.05, 0) is 41.5 Å². The SMILES string of the molecule is O=C(CN1C(=O)[C@H]2C3c4ccccc4C(Br)(c4ccccc43)[C@H]2C1=O)N1CCCCC1. The summed E-state index contributed by atoms with van der Waals surface area (Å²) in [4.78, 5) is 43.3. The van der Waals surface area contributed by atoms with Crippen molar-refractivity contribution in [3.8, 4) is 0 Å². The summed E-state index contributed by atoms with van der Waals surface area (Å²) in [5.74, 6) is -1.74. The molecule has 0 saturated carbocycles. The number of hydrogen-bond donors (Lipinski definition) is 0. The quantitative estimate of drug-likeness (QED) is 0.490. The second-order valence-corrected chi connectivity index (χ2v) is 10.3. The lowest BCUT2D eigenvalue weighted by Crippen LogP contribution is -2.50. The predicted molar refractivity (Wildman–Crippen MR) is 119 cm³/mol. The minimum Gasteiger partial charge on any atom is -0.341 e. The molecule has 3 amide bonds. The molecule has 2 aromatic rings. The van der Waals surface area contributed by atoms with Crippen LogP contribution in [0.3, 0.4) is 0 Å². The van der Waals surface area contributed by atoms with Gasteiger partial charge in [0.2, 0.25) is 17.7 Å². The summed E-state index contributed by atoms with van der Waals surface area (Å²) in [6.45, 7) is 1.28. The number of carbonyl (C=O) groups is 3. The van der Waals surface area contributed by atoms with Gasteiger partial charge in [0.25, 0.3) is 0 Å². The average Bonchev–Trinajstić information content (AvgIpc) is 3.06. The van der Waals surface area contributed by atoms with Crippen molar-refractivity contribution in [3.05, 3.63) is 70.8 Å². The summed E-state index contributed by atoms with van der Waals surface area (Å²) in [6.07, 6.45) is 3.09. The molecule has 5 aliphatic rings. The van der Waals surface area contributed by atoms with Crippen LogP contribution < -0.4 is 0 Å². The first-order valence-corrected chi connectivity index (χ1v) is 11.8. The van der Waals surface area contributed by atoms with Gasteiger partial charge in [0, 0.05) is 19.0 Å². The van der Waals surface area contributed by atoms with Crippen molar-refractivity contribution < 1.29 is 14.4 Å². The molecule has 2 fully saturated rings. The molecule has 2 bridgehead atoms. The fourth-order valence-corrected chi connectivity index (χ4v) is 7.48. The maximum Gasteiger partial charge on any atom is 0.242 e. The molecule has 2 aliphatic heterocycles. The highest BCUT2D eigenvalue weighted by Gasteiger charge is 2.67. The average molecular weight is 479 g/mol. The molecule has 31 heavy (non-hydrogen) atoms. The van der Waals surface area contributed by atoms with Gasteiger partial charge < -0.3 is 4.90 Å². The van der Waals surface area contributed by atoms with Crippen molar-refractivity contribution >= 4 is 33.7 Å². The number of rotatable bonds is 2. The van der Waals surface area contributed by atoms with E-state index in [0.717, 1.165) is 41.5 Å². The van der Waals surface area contributed by atoms with Crippen LogP contribution in [-0.2, 0) is 18.7 Å². The summed E-state index contributed by atoms with van der Waals surface area (Å²) in [7, 11) is 0. The highest BCUT2D eigenvalue weighted by Crippen LogP contribution is 2.66. The van der Waals surface area contributed by atoms with E-state index in [2.05, 4.69) is 40.2 Å². The number of benzene rings is 2. The molecule has 6 heteroatoms. The first-order valence-electron chi connectivity index (χ1n) is 11.0. The van der Waals surface area contributed by atoms with E-state index in [4.69, 9.17) is 0 Å². The second kappa shape index (κ2) is 6.76. The Labute approximate surface area is 189 Å². The largest absolute Gasteiger partial charge is 0.341 e. The summed E-state index contributed by atoms with van der Waals surface area (Å²) in [5.41, 5.74) is 4.32. The third-order valence-corrected chi connectivity index (χ3v) is 8.96. The van der Waals surface area contributed by atoms with Crippen LogP contribution in [0.2, 0.25) is 0 Å². The number of halogens is 1. The van der Waals surface area contributed by atoms with Crippen LogP contribution in [-0.4, -0.2) is 47.2 Å². The lowest BCUT2D eigenvalue weighted by Gasteiger charge is -2.51. The summed E-state index contributed by atoms with van der Waals surface area (Å²) in [5, 5.41) is 0. The summed E-state index contributed by atoms with van der Waals surface area (Å²) < 4.78 is -0.755. The normalized spacial score (nSPS) is 30.8. The zero-order chi connectivity index (χ0) is 21.3. The molecule has 7 rings (SSSR count). The van der Waals surface area contributed by atoms with Crippen molar-refractivity contribution in [2.24, 2.45) is 11.8 Å². The van der Waals surface area contributed by atoms with E-state index in [0.29, 0.717) is 13.1 Å². The Hall–Kier alpha value is -2.47. The third-order valence-electron chi connectivity index (χ3n) is 7.61. The topological polar surface area (TPSA) is 57.7 Å². The minimum atomic E-state index is -0.755. The van der Waals surface area contributed by atoms with Crippen LogP contribution in [0.5, 0.6) is 0 Å². The van der Waals surface area contributed by atoms with Crippen LogP contribution in [0.15, 0.2) is 48.5 Å². The second-order valence-electron chi connectivity index (χ2n) is 9.07. The van der Waals surface area contributed by atoms with Gasteiger partial charge in [0.05, 0.1) is 16.2 Å². The molecule has 3 aliphatic carbocycles. The number of nitrogens with zero attached hydrogens (tertiary/aromatic N) is 2. The van der Waals surface area contributed by atoms with E-state index in [1.165, 1.54) is 4.90 Å². The van der Waals surface area contributed by atoms with E-state index in [9.17, 15) is 14.4 Å². The van der Waals surface area contributed by atoms with Gasteiger partial charge in [-0.1, -0.05) is 64.5 Å². The number of hydrogen-bond acceptors (Lipinski definition) is 3. The van der Waals surface area contributed by atoms with Gasteiger partial charge in [-0.2, -0.15) is 0 Å². The van der Waals surface area contributed by atoms with E-state index in [-0.39, 0.29) is 30.2 Å². The number of carbonyl (C=O) groups excluding carboxylic acids is 3. The van der Waals surface area contributed by atoms with Crippen LogP contribution in [0.1, 0.15) is 47.4 Å². The van der Waals surface area contributed by atoms with Crippen LogP contribution in [0.4, 0.5) is 0 Å². The van der Waals surface area contributed by atoms with Gasteiger partial charge in [-0.3, -0.25) is 19.3 Å². The molecule has 0 aromatic heterocycles. The van der Waals surface area contributed by atoms with Gasteiger partial charge in [0.1, 0.15) is 6.54 Å². The van der Waals surface area contributed by atoms with Crippen LogP contribution >= 0.6 is 15.9 Å². The lowest BCUT2D eigenvalue weighted by molar-refractivity contribution is -0.147. The Balaban J connectivity index is 1.43. The first kappa shape index (κ1) is 19.2. The van der Waals surface area contributed by atoms with E-state index >= 15 is 0 Å². The molecule has 158 valence electrons. The van der Waals surface area contributed by atoms with Gasteiger partial charge in [0.15, 0.2) is 0 Å². The first-order chi connectivity index (χ1) is 15.0. The van der Waals surface area contributed by atoms with E-state index < -0.39 is 16.2 Å². The lowest BCUT2D eigenvalue weighted by atomic mass is 9.55. The van der Waals surface area contributed by atoms with Crippen LogP contribution in [0, 0.1) is 11.8 Å². The monoisotopic (exact) mass is 478 g/mol. The Morgan fingerprint density at radius 1 is 0.903 bits per heavy atom. The predicted octanol–water partition coefficient (Wildman–Crippen LogP) is 3.40. The van der Waals surface area contributed by atoms with E-state index in [1.54, 1.807) is 4.90 Å². The van der Waals surface area contributed by atoms with Crippen molar-refractivity contribution in [1.82, 2.24) is 9.80 Å². The van der Waals surface area contributed by atoms with Gasteiger partial charge in [-0.25, -0.2) is 0 Å². The highest BCUT2D eigenvalue weighted by molar-refractivity contribution is 9.09. The number of alkyl halides is 1. The van der Waals surface area contributed by atoms with Crippen LogP contribution in [0.25, 0.3) is 0 Å². The van der Waals surface area contributed by atoms with Crippen molar-refractivity contribution in [3.63, 3.8) is 0 Å². The number of amides is 3. The molecule has 2 saturated heterocycles. The molecule has 0 unspecified atom stereocenters. The highest BCUT2D eigenvalue weighted by atomic mass is 79.9. The van der Waals surface area contributed by atoms with Crippen molar-refractivity contribution in [1.29, 1.82) is 0 Å². The fourth-order valence-electron chi connectivity index (χ4n) is 6.27. The zero-order valence-corrected chi connectivity index (χ0v) is 18.7.